The van der Waals surface area contributed by atoms with Crippen molar-refractivity contribution in [1.29, 1.82) is 0 Å². The Balaban J connectivity index is 0.000000311. The highest BCUT2D eigenvalue weighted by Gasteiger charge is 2.46. The first-order chi connectivity index (χ1) is 51.8. The molecule has 8 aliphatic carbocycles. The first-order valence-electron chi connectivity index (χ1n) is 46.2. The maximum Gasteiger partial charge on any atom is 0.224 e. The van der Waals surface area contributed by atoms with Crippen molar-refractivity contribution in [2.45, 2.75) is 446 Å². The van der Waals surface area contributed by atoms with Crippen molar-refractivity contribution in [2.24, 2.45) is 114 Å². The first kappa shape index (κ1) is 94.9. The van der Waals surface area contributed by atoms with Gasteiger partial charge >= 0.3 is 0 Å². The third-order valence-electron chi connectivity index (χ3n) is 30.2. The molecule has 8 N–H and O–H groups in total. The molecule has 0 aromatic rings. The van der Waals surface area contributed by atoms with Gasteiger partial charge in [0.2, 0.25) is 47.3 Å². The molecule has 8 fully saturated rings. The second-order valence-electron chi connectivity index (χ2n) is 46.9. The molecule has 8 amide bonds. The number of nitrogens with one attached hydrogen (secondary N) is 8. The lowest BCUT2D eigenvalue weighted by molar-refractivity contribution is -0.141. The Kier molecular flexibility index (Phi) is 34.3. The topological polar surface area (TPSA) is 233 Å². The van der Waals surface area contributed by atoms with Crippen molar-refractivity contribution < 1.29 is 38.4 Å². The lowest BCUT2D eigenvalue weighted by Crippen LogP contribution is -2.52. The van der Waals surface area contributed by atoms with Crippen LogP contribution in [0.4, 0.5) is 0 Å². The zero-order valence-corrected chi connectivity index (χ0v) is 76.3. The van der Waals surface area contributed by atoms with Gasteiger partial charge in [-0.1, -0.05) is 192 Å². The average molecular weight is 1570 g/mol. The van der Waals surface area contributed by atoms with Crippen LogP contribution in [0.25, 0.3) is 0 Å². The number of carbonyl (C=O) groups is 8. The second-order valence-corrected chi connectivity index (χ2v) is 46.9. The molecule has 0 aromatic carbocycles. The molecule has 0 heterocycles. The van der Waals surface area contributed by atoms with E-state index in [1.54, 1.807) is 0 Å². The van der Waals surface area contributed by atoms with Gasteiger partial charge in [0.05, 0.1) is 23.7 Å². The fraction of sp³-hybridized carbons (Fsp3) is 0.917. The van der Waals surface area contributed by atoms with Crippen LogP contribution in [0, 0.1) is 114 Å². The number of rotatable bonds is 22. The summed E-state index contributed by atoms with van der Waals surface area (Å²) in [6.07, 6.45) is 31.2. The van der Waals surface area contributed by atoms with E-state index in [4.69, 9.17) is 0 Å². The van der Waals surface area contributed by atoms with Crippen LogP contribution in [0.2, 0.25) is 0 Å². The number of hydrogen-bond acceptors (Lipinski definition) is 8. The van der Waals surface area contributed by atoms with E-state index in [0.717, 1.165) is 205 Å². The van der Waals surface area contributed by atoms with Gasteiger partial charge in [-0.15, -0.1) is 0 Å². The van der Waals surface area contributed by atoms with Gasteiger partial charge in [-0.3, -0.25) is 38.4 Å². The molecule has 8 saturated carbocycles. The van der Waals surface area contributed by atoms with Crippen LogP contribution in [0.1, 0.15) is 397 Å². The molecule has 16 nitrogen and oxygen atoms in total. The van der Waals surface area contributed by atoms with Crippen LogP contribution in [0.15, 0.2) is 0 Å². The highest BCUT2D eigenvalue weighted by atomic mass is 16.2. The summed E-state index contributed by atoms with van der Waals surface area (Å²) >= 11 is 0. The Hall–Kier alpha value is -4.24. The Morgan fingerprint density at radius 3 is 0.527 bits per heavy atom. The molecule has 112 heavy (non-hydrogen) atoms. The van der Waals surface area contributed by atoms with E-state index >= 15 is 0 Å². The number of hydrogen-bond donors (Lipinski definition) is 8. The molecular formula is C96H172N8O8. The lowest BCUT2D eigenvalue weighted by Gasteiger charge is -2.40. The molecule has 0 spiro atoms. The average Bonchev–Trinajstić information content (AvgIpc) is 0.824. The van der Waals surface area contributed by atoms with Crippen LogP contribution in [-0.4, -0.2) is 95.6 Å². The third kappa shape index (κ3) is 30.3. The molecule has 8 aliphatic rings. The fourth-order valence-electron chi connectivity index (χ4n) is 21.7. The van der Waals surface area contributed by atoms with Crippen molar-refractivity contribution in [3.63, 3.8) is 0 Å². The number of amides is 8. The minimum Gasteiger partial charge on any atom is -0.353 e. The largest absolute Gasteiger partial charge is 0.353 e. The van der Waals surface area contributed by atoms with Gasteiger partial charge in [0.25, 0.3) is 0 Å². The molecule has 644 valence electrons. The minimum atomic E-state index is -0.951. The second kappa shape index (κ2) is 40.5. The van der Waals surface area contributed by atoms with Crippen LogP contribution in [0.3, 0.4) is 0 Å². The van der Waals surface area contributed by atoms with Gasteiger partial charge in [-0.05, 0) is 270 Å². The smallest absolute Gasteiger partial charge is 0.224 e. The zero-order chi connectivity index (χ0) is 83.3. The Labute approximate surface area is 684 Å². The van der Waals surface area contributed by atoms with Gasteiger partial charge in [0.1, 0.15) is 0 Å². The summed E-state index contributed by atoms with van der Waals surface area (Å²) in [4.78, 5) is 115. The molecule has 12 unspecified atom stereocenters. The molecule has 0 aromatic heterocycles. The summed E-state index contributed by atoms with van der Waals surface area (Å²) in [7, 11) is 0. The quantitative estimate of drug-likeness (QED) is 0.0518. The molecule has 0 radical (unpaired) electrons. The molecule has 0 bridgehead atoms. The lowest BCUT2D eigenvalue weighted by atomic mass is 9.70. The van der Waals surface area contributed by atoms with Gasteiger partial charge < -0.3 is 42.5 Å². The molecule has 12 atom stereocenters. The van der Waals surface area contributed by atoms with Gasteiger partial charge in [-0.25, -0.2) is 0 Å². The van der Waals surface area contributed by atoms with E-state index in [2.05, 4.69) is 209 Å². The highest BCUT2D eigenvalue weighted by Crippen LogP contribution is 2.46. The van der Waals surface area contributed by atoms with E-state index in [9.17, 15) is 38.4 Å². The van der Waals surface area contributed by atoms with Crippen LogP contribution < -0.4 is 42.5 Å². The normalized spacial score (nSPS) is 30.7. The summed E-state index contributed by atoms with van der Waals surface area (Å²) in [5, 5.41) is 26.6. The van der Waals surface area contributed by atoms with E-state index in [1.807, 2.05) is 0 Å². The Bertz CT molecular complexity index is 2800. The monoisotopic (exact) mass is 1570 g/mol. The number of carbonyl (C=O) groups excluding carboxylic acids is 8. The Morgan fingerprint density at radius 2 is 0.348 bits per heavy atom. The van der Waals surface area contributed by atoms with Crippen LogP contribution in [0.5, 0.6) is 0 Å². The maximum atomic E-state index is 14.7. The molecule has 8 rings (SSSR count). The fourth-order valence-corrected chi connectivity index (χ4v) is 21.7. The van der Waals surface area contributed by atoms with Crippen molar-refractivity contribution >= 4 is 47.3 Å². The van der Waals surface area contributed by atoms with Gasteiger partial charge in [0, 0.05) is 74.0 Å². The van der Waals surface area contributed by atoms with E-state index < -0.39 is 23.7 Å². The summed E-state index contributed by atoms with van der Waals surface area (Å²) in [6.45, 7) is 54.8. The molecule has 0 saturated heterocycles. The SMILES string of the molecule is CC(C)(C)C1CCC(NC(=O)CC(C(=O)NC2CCC(C(C)(C)C)CC2)C(CC(=O)NC2CCC(C(C)(C)C)CC2)C(=O)NC2CCC(C(C)(C)C)CC2)CC1.CC(C)(C)C1CCCC(NC(=O)CC(C(=O)NC2CCCC(C(C)(C)C)C2)C(CC(=O)NC2CCCC(C(C)(C)C)C2)C(=O)NC2CCCC(C(C)(C)C)C2)C1. The predicted molar refractivity (Wildman–Crippen MR) is 459 cm³/mol. The highest BCUT2D eigenvalue weighted by molar-refractivity contribution is 5.95. The molecule has 0 aliphatic heterocycles. The van der Waals surface area contributed by atoms with Gasteiger partial charge in [-0.2, -0.15) is 0 Å². The predicted octanol–water partition coefficient (Wildman–Crippen LogP) is 19.8. The van der Waals surface area contributed by atoms with Crippen molar-refractivity contribution in [1.82, 2.24) is 42.5 Å². The Morgan fingerprint density at radius 1 is 0.196 bits per heavy atom. The summed E-state index contributed by atoms with van der Waals surface area (Å²) in [5.74, 6) is -1.16. The van der Waals surface area contributed by atoms with Gasteiger partial charge in [0.15, 0.2) is 0 Å². The summed E-state index contributed by atoms with van der Waals surface area (Å²) in [5.41, 5.74) is 1.49. The maximum absolute atomic E-state index is 14.7. The summed E-state index contributed by atoms with van der Waals surface area (Å²) in [6, 6.07) is 0.191. The molecule has 16 heteroatoms. The van der Waals surface area contributed by atoms with Crippen LogP contribution >= 0.6 is 0 Å². The summed E-state index contributed by atoms with van der Waals surface area (Å²) < 4.78 is 0. The van der Waals surface area contributed by atoms with E-state index in [-0.39, 0.29) is 165 Å². The minimum absolute atomic E-state index is 0.00236. The zero-order valence-electron chi connectivity index (χ0n) is 76.3. The standard InChI is InChI=1S/2C48H86N4O4/c1-45(2,3)31-13-21-35(22-14-31)49-41(53)29-39(43(55)51-37-25-17-33(18-26-37)47(7,8)9)40(44(56)52-38-27-19-34(20-28-38)48(10,11)12)30-42(54)50-36-23-15-32(16-24-36)46(4,5)6;1-45(2,3)31-17-13-21-35(25-31)49-41(53)29-39(43(55)51-37-23-15-19-33(27-37)47(7,8)9)40(44(56)52-38-24-16-20-34(28-38)48(10,11)12)30-42(54)50-36-22-14-18-32(26-36)46(4,5)6/h2*31-40H,13-30H2,1-12H3,(H,49,53)(H,50,54)(H,51,55)(H,52,56). The van der Waals surface area contributed by atoms with Crippen LogP contribution in [-0.2, 0) is 38.4 Å². The van der Waals surface area contributed by atoms with Crippen molar-refractivity contribution in [3.8, 4) is 0 Å². The molecular weight excluding hydrogens is 1390 g/mol. The van der Waals surface area contributed by atoms with E-state index in [0.29, 0.717) is 47.3 Å². The first-order valence-corrected chi connectivity index (χ1v) is 46.2. The van der Waals surface area contributed by atoms with E-state index in [1.165, 1.54) is 0 Å². The van der Waals surface area contributed by atoms with Crippen molar-refractivity contribution in [2.75, 3.05) is 0 Å². The van der Waals surface area contributed by atoms with Crippen molar-refractivity contribution in [3.05, 3.63) is 0 Å². The third-order valence-corrected chi connectivity index (χ3v) is 30.2.